The first-order chi connectivity index (χ1) is 9.77. The molecule has 3 nitrogen and oxygen atoms in total. The van der Waals surface area contributed by atoms with Crippen LogP contribution in [0, 0.1) is 6.92 Å². The van der Waals surface area contributed by atoms with Gasteiger partial charge in [0.05, 0.1) is 6.04 Å². The number of Topliss-reactive ketones (excluding diaryl/α,β-unsaturated/α-hetero) is 1. The van der Waals surface area contributed by atoms with E-state index in [1.807, 2.05) is 31.2 Å². The fourth-order valence-corrected chi connectivity index (χ4v) is 3.67. The van der Waals surface area contributed by atoms with Crippen LogP contribution in [0.15, 0.2) is 24.3 Å². The van der Waals surface area contributed by atoms with E-state index in [4.69, 9.17) is 0 Å². The largest absolute Gasteiger partial charge is 0.317 e. The van der Waals surface area contributed by atoms with Crippen LogP contribution in [0.1, 0.15) is 41.6 Å². The first kappa shape index (κ1) is 13.8. The van der Waals surface area contributed by atoms with Gasteiger partial charge in [0.1, 0.15) is 0 Å². The number of ketones is 1. The molecule has 3 heteroatoms. The normalized spacial score (nSPS) is 24.9. The lowest BCUT2D eigenvalue weighted by molar-refractivity contribution is 0.0783. The van der Waals surface area contributed by atoms with Gasteiger partial charge < -0.3 is 5.32 Å². The summed E-state index contributed by atoms with van der Waals surface area (Å²) in [6, 6.07) is 8.71. The van der Waals surface area contributed by atoms with Gasteiger partial charge in [0.15, 0.2) is 5.78 Å². The van der Waals surface area contributed by atoms with Crippen LogP contribution in [0.5, 0.6) is 0 Å². The summed E-state index contributed by atoms with van der Waals surface area (Å²) < 4.78 is 0. The minimum atomic E-state index is 0.110. The molecule has 0 saturated carbocycles. The first-order valence-electron chi connectivity index (χ1n) is 7.83. The molecule has 2 fully saturated rings. The highest BCUT2D eigenvalue weighted by molar-refractivity contribution is 6.01. The van der Waals surface area contributed by atoms with Crippen molar-refractivity contribution in [2.24, 2.45) is 0 Å². The molecule has 0 aliphatic carbocycles. The number of benzene rings is 1. The predicted octanol–water partition coefficient (Wildman–Crippen LogP) is 2.39. The van der Waals surface area contributed by atoms with Gasteiger partial charge in [-0.3, -0.25) is 9.69 Å². The van der Waals surface area contributed by atoms with Crippen molar-refractivity contribution >= 4 is 5.78 Å². The third kappa shape index (κ3) is 2.65. The van der Waals surface area contributed by atoms with E-state index in [1.54, 1.807) is 0 Å². The monoisotopic (exact) mass is 272 g/mol. The number of hydrogen-bond acceptors (Lipinski definition) is 3. The van der Waals surface area contributed by atoms with Gasteiger partial charge in [-0.2, -0.15) is 0 Å². The van der Waals surface area contributed by atoms with Crippen LogP contribution in [-0.2, 0) is 0 Å². The highest BCUT2D eigenvalue weighted by Crippen LogP contribution is 2.27. The zero-order chi connectivity index (χ0) is 13.9. The fraction of sp³-hybridized carbons (Fsp3) is 0.588. The lowest BCUT2D eigenvalue weighted by atomic mass is 9.96. The van der Waals surface area contributed by atoms with E-state index in [0.29, 0.717) is 11.8 Å². The number of nitrogens with zero attached hydrogens (tertiary/aromatic N) is 1. The molecule has 0 bridgehead atoms. The summed E-state index contributed by atoms with van der Waals surface area (Å²) >= 11 is 0. The van der Waals surface area contributed by atoms with Gasteiger partial charge in [0.2, 0.25) is 0 Å². The van der Waals surface area contributed by atoms with Crippen molar-refractivity contribution in [3.05, 3.63) is 35.4 Å². The predicted molar refractivity (Wildman–Crippen MR) is 81.1 cm³/mol. The molecule has 0 spiro atoms. The molecule has 1 aromatic carbocycles. The maximum absolute atomic E-state index is 12.9. The molecule has 3 rings (SSSR count). The number of rotatable bonds is 3. The fourth-order valence-electron chi connectivity index (χ4n) is 3.67. The van der Waals surface area contributed by atoms with Crippen molar-refractivity contribution < 1.29 is 4.79 Å². The first-order valence-corrected chi connectivity index (χ1v) is 7.83. The Labute approximate surface area is 121 Å². The zero-order valence-electron chi connectivity index (χ0n) is 12.3. The average molecular weight is 272 g/mol. The third-order valence-corrected chi connectivity index (χ3v) is 4.79. The molecule has 1 N–H and O–H groups in total. The highest BCUT2D eigenvalue weighted by atomic mass is 16.1. The second-order valence-electron chi connectivity index (χ2n) is 6.06. The molecule has 0 aromatic heterocycles. The van der Waals surface area contributed by atoms with Gasteiger partial charge in [-0.1, -0.05) is 24.3 Å². The van der Waals surface area contributed by atoms with Crippen molar-refractivity contribution in [2.75, 3.05) is 19.6 Å². The number of carbonyl (C=O) groups is 1. The van der Waals surface area contributed by atoms with Gasteiger partial charge in [0, 0.05) is 11.6 Å². The molecule has 1 unspecified atom stereocenters. The van der Waals surface area contributed by atoms with Crippen LogP contribution in [0.4, 0.5) is 0 Å². The maximum atomic E-state index is 12.9. The second-order valence-corrected chi connectivity index (χ2v) is 6.06. The minimum absolute atomic E-state index is 0.110. The Morgan fingerprint density at radius 2 is 1.95 bits per heavy atom. The van der Waals surface area contributed by atoms with Crippen molar-refractivity contribution in [3.63, 3.8) is 0 Å². The topological polar surface area (TPSA) is 32.3 Å². The van der Waals surface area contributed by atoms with Crippen LogP contribution >= 0.6 is 0 Å². The molecule has 0 amide bonds. The van der Waals surface area contributed by atoms with Crippen LogP contribution < -0.4 is 5.32 Å². The van der Waals surface area contributed by atoms with Gasteiger partial charge in [-0.25, -0.2) is 0 Å². The summed E-state index contributed by atoms with van der Waals surface area (Å²) in [4.78, 5) is 15.3. The van der Waals surface area contributed by atoms with E-state index in [9.17, 15) is 4.79 Å². The van der Waals surface area contributed by atoms with Crippen molar-refractivity contribution in [2.45, 2.75) is 44.7 Å². The van der Waals surface area contributed by atoms with Crippen LogP contribution in [-0.4, -0.2) is 42.4 Å². The summed E-state index contributed by atoms with van der Waals surface area (Å²) in [5, 5.41) is 3.41. The van der Waals surface area contributed by atoms with E-state index in [0.717, 1.165) is 43.6 Å². The molecule has 1 aromatic rings. The van der Waals surface area contributed by atoms with Crippen molar-refractivity contribution in [3.8, 4) is 0 Å². The molecule has 1 atom stereocenters. The number of aryl methyl sites for hydroxylation is 1. The molecule has 0 radical (unpaired) electrons. The second kappa shape index (κ2) is 6.06. The molecule has 2 heterocycles. The highest BCUT2D eigenvalue weighted by Gasteiger charge is 2.36. The minimum Gasteiger partial charge on any atom is -0.317 e. The van der Waals surface area contributed by atoms with Gasteiger partial charge in [-0.05, 0) is 57.8 Å². The summed E-state index contributed by atoms with van der Waals surface area (Å²) in [7, 11) is 0. The van der Waals surface area contributed by atoms with E-state index >= 15 is 0 Å². The van der Waals surface area contributed by atoms with Gasteiger partial charge >= 0.3 is 0 Å². The summed E-state index contributed by atoms with van der Waals surface area (Å²) in [6.45, 7) is 5.31. The lowest BCUT2D eigenvalue weighted by Crippen LogP contribution is -2.47. The number of likely N-dealkylation sites (tertiary alicyclic amines) is 1. The van der Waals surface area contributed by atoms with Crippen molar-refractivity contribution in [1.82, 2.24) is 10.2 Å². The van der Waals surface area contributed by atoms with E-state index < -0.39 is 0 Å². The molecule has 2 saturated heterocycles. The Bertz CT molecular complexity index is 480. The van der Waals surface area contributed by atoms with Crippen LogP contribution in [0.25, 0.3) is 0 Å². The summed E-state index contributed by atoms with van der Waals surface area (Å²) in [5.41, 5.74) is 2.02. The molecule has 2 aliphatic heterocycles. The SMILES string of the molecule is Cc1ccccc1C(=O)C1CCCN1C1CCNCC1. The number of carbonyl (C=O) groups excluding carboxylic acids is 1. The maximum Gasteiger partial charge on any atom is 0.180 e. The van der Waals surface area contributed by atoms with Gasteiger partial charge in [-0.15, -0.1) is 0 Å². The molecule has 108 valence electrons. The standard InChI is InChI=1S/C17H24N2O/c1-13-5-2-3-6-15(13)17(20)16-7-4-12-19(16)14-8-10-18-11-9-14/h2-3,5-6,14,16,18H,4,7-12H2,1H3. The Morgan fingerprint density at radius 1 is 1.20 bits per heavy atom. The van der Waals surface area contributed by atoms with E-state index in [1.165, 1.54) is 12.8 Å². The summed E-state index contributed by atoms with van der Waals surface area (Å²) in [6.07, 6.45) is 4.54. The molecular weight excluding hydrogens is 248 g/mol. The Kier molecular flexibility index (Phi) is 4.18. The third-order valence-electron chi connectivity index (χ3n) is 4.79. The average Bonchev–Trinajstić information content (AvgIpc) is 2.97. The van der Waals surface area contributed by atoms with E-state index in [2.05, 4.69) is 10.2 Å². The zero-order valence-corrected chi connectivity index (χ0v) is 12.3. The van der Waals surface area contributed by atoms with Gasteiger partial charge in [0.25, 0.3) is 0 Å². The molecule has 2 aliphatic rings. The van der Waals surface area contributed by atoms with Crippen LogP contribution in [0.3, 0.4) is 0 Å². The number of hydrogen-bond donors (Lipinski definition) is 1. The smallest absolute Gasteiger partial charge is 0.180 e. The Balaban J connectivity index is 1.78. The van der Waals surface area contributed by atoms with Crippen molar-refractivity contribution in [1.29, 1.82) is 0 Å². The Morgan fingerprint density at radius 3 is 2.70 bits per heavy atom. The Hall–Kier alpha value is -1.19. The number of nitrogens with one attached hydrogen (secondary N) is 1. The quantitative estimate of drug-likeness (QED) is 0.858. The summed E-state index contributed by atoms with van der Waals surface area (Å²) in [5.74, 6) is 0.333. The molecule has 20 heavy (non-hydrogen) atoms. The van der Waals surface area contributed by atoms with E-state index in [-0.39, 0.29) is 6.04 Å². The lowest BCUT2D eigenvalue weighted by Gasteiger charge is -2.35. The number of piperidine rings is 1. The molecular formula is C17H24N2O. The van der Waals surface area contributed by atoms with Crippen LogP contribution in [0.2, 0.25) is 0 Å².